The highest BCUT2D eigenvalue weighted by Gasteiger charge is 2.21. The van der Waals surface area contributed by atoms with E-state index in [0.29, 0.717) is 19.3 Å². The molecule has 112 valence electrons. The summed E-state index contributed by atoms with van der Waals surface area (Å²) < 4.78 is 5.40. The topological polar surface area (TPSA) is 59.1 Å². The van der Waals surface area contributed by atoms with Gasteiger partial charge in [0.05, 0.1) is 0 Å². The predicted octanol–water partition coefficient (Wildman–Crippen LogP) is 3.05. The summed E-state index contributed by atoms with van der Waals surface area (Å²) in [5, 5.41) is 6.61. The van der Waals surface area contributed by atoms with Crippen LogP contribution in [0.15, 0.2) is 6.07 Å². The Labute approximate surface area is 121 Å². The van der Waals surface area contributed by atoms with Crippen LogP contribution in [0, 0.1) is 5.92 Å². The van der Waals surface area contributed by atoms with Gasteiger partial charge in [-0.1, -0.05) is 12.8 Å². The zero-order valence-electron chi connectivity index (χ0n) is 12.8. The molecule has 1 fully saturated rings. The average Bonchev–Trinajstić information content (AvgIpc) is 2.99. The monoisotopic (exact) mass is 278 g/mol. The van der Waals surface area contributed by atoms with Gasteiger partial charge in [-0.05, 0) is 32.6 Å². The molecule has 0 amide bonds. The molecule has 1 aromatic heterocycles. The lowest BCUT2D eigenvalue weighted by Gasteiger charge is -2.21. The van der Waals surface area contributed by atoms with Crippen LogP contribution in [-0.4, -0.2) is 29.7 Å². The van der Waals surface area contributed by atoms with Crippen molar-refractivity contribution in [3.63, 3.8) is 0 Å². The molecule has 1 saturated carbocycles. The summed E-state index contributed by atoms with van der Waals surface area (Å²) in [4.78, 5) is 8.95. The van der Waals surface area contributed by atoms with Crippen molar-refractivity contribution in [3.05, 3.63) is 11.9 Å². The molecule has 0 aromatic carbocycles. The third-order valence-corrected chi connectivity index (χ3v) is 3.95. The standard InChI is InChI=1S/C15H26N4O/c1-4-20-10-15-18-13(16-3)9-14(19-15)17-11(2)12-7-5-6-8-12/h9,11-12H,4-8,10H2,1-3H3,(H2,16,17,18,19). The zero-order chi connectivity index (χ0) is 14.4. The summed E-state index contributed by atoms with van der Waals surface area (Å²) in [5.41, 5.74) is 0. The van der Waals surface area contributed by atoms with Crippen molar-refractivity contribution in [2.45, 2.75) is 52.2 Å². The van der Waals surface area contributed by atoms with Crippen molar-refractivity contribution in [3.8, 4) is 0 Å². The second-order valence-corrected chi connectivity index (χ2v) is 5.42. The smallest absolute Gasteiger partial charge is 0.158 e. The van der Waals surface area contributed by atoms with Gasteiger partial charge in [-0.3, -0.25) is 0 Å². The summed E-state index contributed by atoms with van der Waals surface area (Å²) in [6.45, 7) is 5.36. The largest absolute Gasteiger partial charge is 0.374 e. The van der Waals surface area contributed by atoms with Crippen molar-refractivity contribution in [2.75, 3.05) is 24.3 Å². The number of hydrogen-bond acceptors (Lipinski definition) is 5. The molecule has 1 aliphatic carbocycles. The first-order valence-electron chi connectivity index (χ1n) is 7.63. The van der Waals surface area contributed by atoms with Crippen LogP contribution in [0.2, 0.25) is 0 Å². The first kappa shape index (κ1) is 15.0. The Kier molecular flexibility index (Phi) is 5.59. The first-order valence-corrected chi connectivity index (χ1v) is 7.63. The Morgan fingerprint density at radius 2 is 2.00 bits per heavy atom. The molecule has 0 saturated heterocycles. The number of rotatable bonds is 7. The maximum absolute atomic E-state index is 5.40. The second kappa shape index (κ2) is 7.43. The lowest BCUT2D eigenvalue weighted by molar-refractivity contribution is 0.128. The highest BCUT2D eigenvalue weighted by molar-refractivity contribution is 5.47. The Morgan fingerprint density at radius 3 is 2.65 bits per heavy atom. The molecule has 1 atom stereocenters. The molecular formula is C15H26N4O. The van der Waals surface area contributed by atoms with Crippen LogP contribution in [0.4, 0.5) is 11.6 Å². The van der Waals surface area contributed by atoms with Gasteiger partial charge in [0.25, 0.3) is 0 Å². The SMILES string of the molecule is CCOCc1nc(NC)cc(NC(C)C2CCCC2)n1. The molecule has 0 spiro atoms. The molecule has 1 heterocycles. The number of nitrogens with zero attached hydrogens (tertiary/aromatic N) is 2. The van der Waals surface area contributed by atoms with Gasteiger partial charge in [0.1, 0.15) is 18.2 Å². The first-order chi connectivity index (χ1) is 9.72. The van der Waals surface area contributed by atoms with Crippen molar-refractivity contribution >= 4 is 11.6 Å². The van der Waals surface area contributed by atoms with E-state index in [-0.39, 0.29) is 0 Å². The molecule has 1 unspecified atom stereocenters. The molecule has 2 N–H and O–H groups in total. The van der Waals surface area contributed by atoms with Gasteiger partial charge in [-0.25, -0.2) is 9.97 Å². The summed E-state index contributed by atoms with van der Waals surface area (Å²) in [5.74, 6) is 3.20. The van der Waals surface area contributed by atoms with Crippen LogP contribution in [0.25, 0.3) is 0 Å². The van der Waals surface area contributed by atoms with E-state index < -0.39 is 0 Å². The maximum Gasteiger partial charge on any atom is 0.158 e. The molecule has 1 aromatic rings. The third-order valence-electron chi connectivity index (χ3n) is 3.95. The fourth-order valence-corrected chi connectivity index (χ4v) is 2.77. The molecule has 0 bridgehead atoms. The van der Waals surface area contributed by atoms with E-state index in [9.17, 15) is 0 Å². The van der Waals surface area contributed by atoms with Crippen LogP contribution >= 0.6 is 0 Å². The summed E-state index contributed by atoms with van der Waals surface area (Å²) in [7, 11) is 1.87. The number of hydrogen-bond donors (Lipinski definition) is 2. The number of nitrogens with one attached hydrogen (secondary N) is 2. The number of aromatic nitrogens is 2. The Morgan fingerprint density at radius 1 is 1.30 bits per heavy atom. The molecule has 20 heavy (non-hydrogen) atoms. The van der Waals surface area contributed by atoms with Crippen molar-refractivity contribution < 1.29 is 4.74 Å². The molecule has 5 nitrogen and oxygen atoms in total. The van der Waals surface area contributed by atoms with Gasteiger partial charge < -0.3 is 15.4 Å². The van der Waals surface area contributed by atoms with Gasteiger partial charge in [-0.15, -0.1) is 0 Å². The van der Waals surface area contributed by atoms with Gasteiger partial charge in [-0.2, -0.15) is 0 Å². The molecule has 5 heteroatoms. The molecule has 2 rings (SSSR count). The van der Waals surface area contributed by atoms with Gasteiger partial charge in [0, 0.05) is 25.8 Å². The maximum atomic E-state index is 5.40. The van der Waals surface area contributed by atoms with E-state index in [1.165, 1.54) is 25.7 Å². The Balaban J connectivity index is 2.04. The fraction of sp³-hybridized carbons (Fsp3) is 0.733. The van der Waals surface area contributed by atoms with Gasteiger partial charge >= 0.3 is 0 Å². The van der Waals surface area contributed by atoms with E-state index in [4.69, 9.17) is 4.74 Å². The van der Waals surface area contributed by atoms with E-state index in [1.807, 2.05) is 20.0 Å². The molecule has 0 aliphatic heterocycles. The van der Waals surface area contributed by atoms with Crippen LogP contribution in [-0.2, 0) is 11.3 Å². The zero-order valence-corrected chi connectivity index (χ0v) is 12.8. The summed E-state index contributed by atoms with van der Waals surface area (Å²) in [6, 6.07) is 2.41. The Bertz CT molecular complexity index is 418. The van der Waals surface area contributed by atoms with Crippen molar-refractivity contribution in [2.24, 2.45) is 5.92 Å². The van der Waals surface area contributed by atoms with Crippen LogP contribution < -0.4 is 10.6 Å². The predicted molar refractivity (Wildman–Crippen MR) is 82.0 cm³/mol. The van der Waals surface area contributed by atoms with Gasteiger partial charge in [0.15, 0.2) is 5.82 Å². The van der Waals surface area contributed by atoms with Crippen molar-refractivity contribution in [1.29, 1.82) is 0 Å². The fourth-order valence-electron chi connectivity index (χ4n) is 2.77. The highest BCUT2D eigenvalue weighted by Crippen LogP contribution is 2.29. The second-order valence-electron chi connectivity index (χ2n) is 5.42. The quantitative estimate of drug-likeness (QED) is 0.803. The third kappa shape index (κ3) is 4.07. The minimum atomic E-state index is 0.456. The molecular weight excluding hydrogens is 252 g/mol. The minimum Gasteiger partial charge on any atom is -0.374 e. The molecule has 1 aliphatic rings. The van der Waals surface area contributed by atoms with E-state index >= 15 is 0 Å². The number of anilines is 2. The van der Waals surface area contributed by atoms with Crippen LogP contribution in [0.1, 0.15) is 45.4 Å². The average molecular weight is 278 g/mol. The van der Waals surface area contributed by atoms with Crippen LogP contribution in [0.5, 0.6) is 0 Å². The lowest BCUT2D eigenvalue weighted by atomic mass is 10.00. The molecule has 0 radical (unpaired) electrons. The number of ether oxygens (including phenoxy) is 1. The van der Waals surface area contributed by atoms with E-state index in [2.05, 4.69) is 27.5 Å². The van der Waals surface area contributed by atoms with E-state index in [0.717, 1.165) is 23.4 Å². The van der Waals surface area contributed by atoms with Crippen molar-refractivity contribution in [1.82, 2.24) is 9.97 Å². The Hall–Kier alpha value is -1.36. The van der Waals surface area contributed by atoms with Gasteiger partial charge in [0.2, 0.25) is 0 Å². The lowest BCUT2D eigenvalue weighted by Crippen LogP contribution is -2.24. The minimum absolute atomic E-state index is 0.456. The van der Waals surface area contributed by atoms with Crippen LogP contribution in [0.3, 0.4) is 0 Å². The summed E-state index contributed by atoms with van der Waals surface area (Å²) >= 11 is 0. The normalized spacial score (nSPS) is 17.1. The van der Waals surface area contributed by atoms with E-state index in [1.54, 1.807) is 0 Å². The summed E-state index contributed by atoms with van der Waals surface area (Å²) in [6.07, 6.45) is 5.36. The highest BCUT2D eigenvalue weighted by atomic mass is 16.5.